The number of aliphatic hydroxyl groups is 8. The van der Waals surface area contributed by atoms with Crippen molar-refractivity contribution in [3.8, 4) is 0 Å². The van der Waals surface area contributed by atoms with E-state index in [0.29, 0.717) is 25.7 Å². The fourth-order valence-electron chi connectivity index (χ4n) is 11.6. The molecule has 12 N–H and O–H groups in total. The van der Waals surface area contributed by atoms with Crippen LogP contribution in [0.5, 0.6) is 0 Å². The summed E-state index contributed by atoms with van der Waals surface area (Å²) in [7, 11) is -4.74. The highest BCUT2D eigenvalue weighted by atomic mass is 31.2. The lowest BCUT2D eigenvalue weighted by Gasteiger charge is -2.49. The Bertz CT molecular complexity index is 2280. The van der Waals surface area contributed by atoms with E-state index in [-0.39, 0.29) is 64.3 Å². The summed E-state index contributed by atoms with van der Waals surface area (Å²) in [6, 6.07) is -1.49. The molecule has 0 aromatic rings. The first kappa shape index (κ1) is 89.6. The number of unbranched alkanes of at least 4 members (excludes halogenated alkanes) is 23. The zero-order valence-electron chi connectivity index (χ0n) is 59.5. The topological polar surface area (TPSA) is 413 Å². The first-order chi connectivity index (χ1) is 47.7. The summed E-state index contributed by atoms with van der Waals surface area (Å²) in [5, 5.41) is 92.7. The van der Waals surface area contributed by atoms with Gasteiger partial charge in [0.25, 0.3) is 0 Å². The Hall–Kier alpha value is -3.62. The molecule has 3 aliphatic rings. The fraction of sp³-hybridized carbons (Fsp3) is 0.871. The third kappa shape index (κ3) is 38.6. The smallest absolute Gasteiger partial charge is 0.462 e. The number of esters is 2. The van der Waals surface area contributed by atoms with Gasteiger partial charge in [-0.15, -0.1) is 0 Å². The number of rotatable bonds is 57. The molecule has 0 radical (unpaired) electrons. The van der Waals surface area contributed by atoms with Crippen LogP contribution < -0.4 is 16.0 Å². The third-order valence-electron chi connectivity index (χ3n) is 17.5. The summed E-state index contributed by atoms with van der Waals surface area (Å²) in [5.41, 5.74) is 0. The molecule has 576 valence electrons. The van der Waals surface area contributed by atoms with E-state index in [2.05, 4.69) is 54.1 Å². The molecule has 0 spiro atoms. The summed E-state index contributed by atoms with van der Waals surface area (Å²) in [4.78, 5) is 73.9. The van der Waals surface area contributed by atoms with Crippen LogP contribution in [0.4, 0.5) is 0 Å². The zero-order valence-corrected chi connectivity index (χ0v) is 60.4. The second-order valence-electron chi connectivity index (χ2n) is 26.2. The van der Waals surface area contributed by atoms with Gasteiger partial charge in [-0.1, -0.05) is 141 Å². The first-order valence-corrected chi connectivity index (χ1v) is 38.4. The van der Waals surface area contributed by atoms with Crippen molar-refractivity contribution in [1.82, 2.24) is 16.0 Å². The molecule has 0 aliphatic carbocycles. The van der Waals surface area contributed by atoms with Crippen molar-refractivity contribution in [3.63, 3.8) is 0 Å². The predicted octanol–water partition coefficient (Wildman–Crippen LogP) is 6.47. The Morgan fingerprint density at radius 2 is 0.960 bits per heavy atom. The summed E-state index contributed by atoms with van der Waals surface area (Å²) < 4.78 is 69.7. The van der Waals surface area contributed by atoms with E-state index in [1.807, 2.05) is 0 Å². The molecule has 29 heteroatoms. The van der Waals surface area contributed by atoms with E-state index in [9.17, 15) is 74.3 Å². The maximum Gasteiger partial charge on any atom is 0.472 e. The normalized spacial score (nSPS) is 26.7. The highest BCUT2D eigenvalue weighted by molar-refractivity contribution is 7.47. The number of hydrogen-bond acceptors (Lipinski definition) is 24. The van der Waals surface area contributed by atoms with Crippen LogP contribution >= 0.6 is 7.82 Å². The van der Waals surface area contributed by atoms with Gasteiger partial charge in [0.05, 0.1) is 39.1 Å². The molecular weight excluding hydrogens is 1310 g/mol. The van der Waals surface area contributed by atoms with Crippen LogP contribution in [0, 0.1) is 0 Å². The summed E-state index contributed by atoms with van der Waals surface area (Å²) in [6.07, 6.45) is 15.2. The molecule has 99 heavy (non-hydrogen) atoms. The van der Waals surface area contributed by atoms with Crippen molar-refractivity contribution < 1.29 is 121 Å². The van der Waals surface area contributed by atoms with Crippen LogP contribution in [0.2, 0.25) is 0 Å². The van der Waals surface area contributed by atoms with Crippen LogP contribution in [0.3, 0.4) is 0 Å². The van der Waals surface area contributed by atoms with Gasteiger partial charge in [-0.25, -0.2) is 4.57 Å². The van der Waals surface area contributed by atoms with Gasteiger partial charge in [0.2, 0.25) is 17.7 Å². The molecule has 3 fully saturated rings. The largest absolute Gasteiger partial charge is 0.472 e. The fourth-order valence-corrected chi connectivity index (χ4v) is 12.4. The number of carbonyl (C=O) groups is 5. The number of phosphoric ester groups is 1. The molecule has 0 aromatic carbocycles. The first-order valence-electron chi connectivity index (χ1n) is 36.9. The lowest BCUT2D eigenvalue weighted by Crippen LogP contribution is -2.68. The number of ether oxygens (including phenoxy) is 8. The van der Waals surface area contributed by atoms with Crippen molar-refractivity contribution >= 4 is 37.5 Å². The molecule has 0 bridgehead atoms. The number of hydrogen-bond donors (Lipinski definition) is 12. The number of carbonyl (C=O) groups excluding carboxylic acids is 5. The Balaban J connectivity index is 1.42. The van der Waals surface area contributed by atoms with E-state index in [4.69, 9.17) is 46.9 Å². The van der Waals surface area contributed by atoms with Gasteiger partial charge in [-0.3, -0.25) is 33.0 Å². The number of allylic oxidation sites excluding steroid dienone is 4. The van der Waals surface area contributed by atoms with Crippen molar-refractivity contribution in [2.45, 2.75) is 338 Å². The lowest BCUT2D eigenvalue weighted by atomic mass is 9.95. The van der Waals surface area contributed by atoms with Gasteiger partial charge in [-0.2, -0.15) is 0 Å². The van der Waals surface area contributed by atoms with E-state index in [1.54, 1.807) is 0 Å². The maximum atomic E-state index is 13.0. The maximum absolute atomic E-state index is 13.0. The number of nitrogens with one attached hydrogen (secondary N) is 3. The van der Waals surface area contributed by atoms with Crippen molar-refractivity contribution in [2.75, 3.05) is 52.7 Å². The molecule has 3 heterocycles. The molecule has 3 amide bonds. The van der Waals surface area contributed by atoms with E-state index < -0.39 is 156 Å². The van der Waals surface area contributed by atoms with E-state index in [1.165, 1.54) is 84.0 Å². The monoisotopic (exact) mass is 1440 g/mol. The average molecular weight is 1440 g/mol. The van der Waals surface area contributed by atoms with E-state index >= 15 is 0 Å². The van der Waals surface area contributed by atoms with Crippen molar-refractivity contribution in [3.05, 3.63) is 24.3 Å². The Kier molecular flexibility index (Phi) is 48.9. The number of phosphoric acid groups is 1. The summed E-state index contributed by atoms with van der Waals surface area (Å²) in [6.45, 7) is 3.69. The van der Waals surface area contributed by atoms with Gasteiger partial charge < -0.3 is 99.6 Å². The summed E-state index contributed by atoms with van der Waals surface area (Å²) in [5.74, 6) is -2.49. The standard InChI is InChI=1S/C70H126N3O25P/c1-5-7-9-11-13-15-17-19-21-23-25-27-29-31-33-40-57(79)90-48-52(94-58(80)41-34-32-30-28-26-24-22-20-18-16-14-12-10-8-6-2)49-92-99(87,88)91-45-43-72-56(78)39-36-35-38-55(77)71-42-37-44-89-70-67(98-69-65(86)64(85)60(81)50(3)93-69)66(62(83)54(47-75)96-70)97-68-59(73-51(4)76)63(84)61(82)53(46-74)95-68/h19-22,50,52-54,59-70,74-75,81-86H,5-18,23-49H2,1-4H3,(H,71,77)(H,72,78)(H,73,76)(H,87,88)/b21-19+,22-20+/t50?,52?,53?,54?,59?,60-,61-,62-,63+,64+,65?,66-,67?,68-,69-,70+/m0/s1. The average Bonchev–Trinajstić information content (AvgIpc) is 0.775. The number of amides is 3. The minimum absolute atomic E-state index is 0.0139. The van der Waals surface area contributed by atoms with Gasteiger partial charge in [0.15, 0.2) is 25.0 Å². The minimum Gasteiger partial charge on any atom is -0.462 e. The van der Waals surface area contributed by atoms with Gasteiger partial charge in [0, 0.05) is 45.7 Å². The molecular formula is C70H126N3O25P. The minimum atomic E-state index is -4.74. The Labute approximate surface area is 587 Å². The Morgan fingerprint density at radius 1 is 0.485 bits per heavy atom. The van der Waals surface area contributed by atoms with E-state index in [0.717, 1.165) is 84.0 Å². The molecule has 0 saturated carbocycles. The predicted molar refractivity (Wildman–Crippen MR) is 366 cm³/mol. The SMILES string of the molecule is CCCCCCCC/C=C/CCCCCCCC(=O)OCC(COP(=O)(O)OCCNC(=O)CCCCC(=O)NCCCO[C@@H]1OC(CO)[C@H](O)[C@H](O[C@@H]2OC(CO)[C@H](O)[C@H](O)C2NC(C)=O)C1O[C@@H]1OC(C)[C@H](O)[C@@H](O)C1O)OC(=O)CCCCCCC/C=C/CCCCCCCC. The van der Waals surface area contributed by atoms with Crippen LogP contribution in [0.25, 0.3) is 0 Å². The van der Waals surface area contributed by atoms with Crippen LogP contribution in [0.1, 0.15) is 240 Å². The molecule has 0 aromatic heterocycles. The van der Waals surface area contributed by atoms with Gasteiger partial charge in [-0.05, 0) is 90.4 Å². The molecule has 3 aliphatic heterocycles. The highest BCUT2D eigenvalue weighted by Crippen LogP contribution is 2.43. The van der Waals surface area contributed by atoms with Crippen LogP contribution in [-0.2, 0) is 75.5 Å². The Morgan fingerprint density at radius 3 is 1.49 bits per heavy atom. The molecule has 28 nitrogen and oxygen atoms in total. The second-order valence-corrected chi connectivity index (χ2v) is 27.7. The molecule has 3 rings (SSSR count). The second kappa shape index (κ2) is 54.1. The zero-order chi connectivity index (χ0) is 72.6. The van der Waals surface area contributed by atoms with Crippen LogP contribution in [-0.4, -0.2) is 226 Å². The number of aliphatic hydroxyl groups excluding tert-OH is 8. The molecule has 17 atom stereocenters. The molecule has 8 unspecified atom stereocenters. The van der Waals surface area contributed by atoms with Gasteiger partial charge in [0.1, 0.15) is 73.7 Å². The lowest BCUT2D eigenvalue weighted by molar-refractivity contribution is -0.385. The van der Waals surface area contributed by atoms with Gasteiger partial charge >= 0.3 is 19.8 Å². The third-order valence-corrected chi connectivity index (χ3v) is 18.5. The molecule has 3 saturated heterocycles. The quantitative estimate of drug-likeness (QED) is 0.0134. The van der Waals surface area contributed by atoms with Crippen molar-refractivity contribution in [1.29, 1.82) is 0 Å². The van der Waals surface area contributed by atoms with Crippen molar-refractivity contribution in [2.24, 2.45) is 0 Å². The highest BCUT2D eigenvalue weighted by Gasteiger charge is 2.54. The summed E-state index contributed by atoms with van der Waals surface area (Å²) >= 11 is 0. The van der Waals surface area contributed by atoms with Crippen LogP contribution in [0.15, 0.2) is 24.3 Å².